The molecular weight excluding hydrogens is 383 g/mol. The third kappa shape index (κ3) is 3.10. The number of nitrogens with zero attached hydrogens (tertiary/aromatic N) is 5. The monoisotopic (exact) mass is 404 g/mol. The number of anilines is 2. The van der Waals surface area contributed by atoms with Crippen LogP contribution in [0.3, 0.4) is 0 Å². The summed E-state index contributed by atoms with van der Waals surface area (Å²) in [4.78, 5) is 11.7. The van der Waals surface area contributed by atoms with Gasteiger partial charge in [-0.2, -0.15) is 4.98 Å². The van der Waals surface area contributed by atoms with Crippen molar-refractivity contribution in [2.75, 3.05) is 30.8 Å². The molecule has 8 heteroatoms. The first-order valence-electron chi connectivity index (χ1n) is 9.85. The van der Waals surface area contributed by atoms with Crippen molar-refractivity contribution in [2.24, 2.45) is 0 Å². The number of nitrogen functional groups attached to an aromatic ring is 1. The molecule has 0 aliphatic carbocycles. The predicted octanol–water partition coefficient (Wildman–Crippen LogP) is 3.81. The quantitative estimate of drug-likeness (QED) is 0.557. The first kappa shape index (κ1) is 18.4. The fraction of sp³-hybridized carbons (Fsp3) is 0.227. The highest BCUT2D eigenvalue weighted by molar-refractivity contribution is 5.99. The summed E-state index contributed by atoms with van der Waals surface area (Å²) in [5.74, 6) is 1.35. The Morgan fingerprint density at radius 3 is 2.60 bits per heavy atom. The second-order valence-electron chi connectivity index (χ2n) is 7.27. The van der Waals surface area contributed by atoms with Gasteiger partial charge in [0.1, 0.15) is 17.4 Å². The molecule has 7 nitrogen and oxygen atoms in total. The zero-order chi connectivity index (χ0) is 20.7. The van der Waals surface area contributed by atoms with Crippen LogP contribution in [0.1, 0.15) is 12.8 Å². The van der Waals surface area contributed by atoms with E-state index in [0.717, 1.165) is 37.2 Å². The summed E-state index contributed by atoms with van der Waals surface area (Å²) in [6.07, 6.45) is 2.21. The molecule has 4 aromatic rings. The van der Waals surface area contributed by atoms with Gasteiger partial charge in [0, 0.05) is 18.7 Å². The van der Waals surface area contributed by atoms with Crippen LogP contribution in [0.2, 0.25) is 0 Å². The second kappa shape index (κ2) is 7.29. The fourth-order valence-corrected chi connectivity index (χ4v) is 3.84. The Bertz CT molecular complexity index is 1230. The van der Waals surface area contributed by atoms with E-state index in [9.17, 15) is 4.39 Å². The molecule has 2 aromatic heterocycles. The molecule has 152 valence electrons. The number of aromatic nitrogens is 4. The number of rotatable bonds is 4. The topological polar surface area (TPSA) is 82.1 Å². The van der Waals surface area contributed by atoms with E-state index in [0.29, 0.717) is 34.2 Å². The number of benzene rings is 2. The van der Waals surface area contributed by atoms with Crippen molar-refractivity contribution in [3.05, 3.63) is 54.3 Å². The lowest BCUT2D eigenvalue weighted by Gasteiger charge is -2.16. The van der Waals surface area contributed by atoms with Crippen LogP contribution >= 0.6 is 0 Å². The molecule has 2 aromatic carbocycles. The number of hydrogen-bond donors (Lipinski definition) is 1. The van der Waals surface area contributed by atoms with E-state index < -0.39 is 0 Å². The van der Waals surface area contributed by atoms with Crippen molar-refractivity contribution in [1.29, 1.82) is 0 Å². The van der Waals surface area contributed by atoms with E-state index in [1.54, 1.807) is 19.2 Å². The van der Waals surface area contributed by atoms with Crippen LogP contribution in [-0.4, -0.2) is 39.9 Å². The van der Waals surface area contributed by atoms with Crippen LogP contribution < -0.4 is 15.4 Å². The Hall–Kier alpha value is -3.68. The lowest BCUT2D eigenvalue weighted by Crippen LogP contribution is -2.20. The summed E-state index contributed by atoms with van der Waals surface area (Å²) >= 11 is 0. The zero-order valence-electron chi connectivity index (χ0n) is 16.5. The molecule has 1 aliphatic heterocycles. The van der Waals surface area contributed by atoms with Crippen molar-refractivity contribution in [1.82, 2.24) is 19.7 Å². The molecule has 1 aliphatic rings. The van der Waals surface area contributed by atoms with E-state index in [-0.39, 0.29) is 5.82 Å². The summed E-state index contributed by atoms with van der Waals surface area (Å²) in [6, 6.07) is 13.8. The van der Waals surface area contributed by atoms with E-state index in [2.05, 4.69) is 10.00 Å². The molecule has 5 rings (SSSR count). The Balaban J connectivity index is 1.77. The van der Waals surface area contributed by atoms with Gasteiger partial charge in [-0.3, -0.25) is 0 Å². The first-order valence-corrected chi connectivity index (χ1v) is 9.85. The molecule has 2 N–H and O–H groups in total. The number of hydrogen-bond acceptors (Lipinski definition) is 6. The number of halogens is 1. The van der Waals surface area contributed by atoms with Crippen LogP contribution in [0, 0.1) is 5.82 Å². The molecule has 0 saturated carbocycles. The molecule has 0 amide bonds. The Morgan fingerprint density at radius 1 is 1.03 bits per heavy atom. The largest absolute Gasteiger partial charge is 0.497 e. The molecule has 0 atom stereocenters. The minimum absolute atomic E-state index is 0.358. The standard InChI is InChI=1S/C22H21FN6O/c1-30-17-9-4-6-14(12-17)19-18-20(24)29(16-8-5-7-15(23)13-16)27-21(18)26-22(25-19)28-10-2-3-11-28/h4-9,12-13H,2-3,10-11,24H2,1H3. The van der Waals surface area contributed by atoms with Crippen molar-refractivity contribution in [3.8, 4) is 22.7 Å². The lowest BCUT2D eigenvalue weighted by atomic mass is 10.1. The zero-order valence-corrected chi connectivity index (χ0v) is 16.5. The third-order valence-corrected chi connectivity index (χ3v) is 5.34. The molecule has 1 fully saturated rings. The summed E-state index contributed by atoms with van der Waals surface area (Å²) in [6.45, 7) is 1.81. The summed E-state index contributed by atoms with van der Waals surface area (Å²) in [5, 5.41) is 5.24. The van der Waals surface area contributed by atoms with Gasteiger partial charge in [0.05, 0.1) is 23.9 Å². The number of nitrogens with two attached hydrogens (primary N) is 1. The lowest BCUT2D eigenvalue weighted by molar-refractivity contribution is 0.415. The highest BCUT2D eigenvalue weighted by atomic mass is 19.1. The van der Waals surface area contributed by atoms with Gasteiger partial charge in [-0.1, -0.05) is 18.2 Å². The van der Waals surface area contributed by atoms with Crippen molar-refractivity contribution < 1.29 is 9.13 Å². The maximum Gasteiger partial charge on any atom is 0.228 e. The SMILES string of the molecule is COc1cccc(-c2nc(N3CCCC3)nc3nn(-c4cccc(F)c4)c(N)c23)c1. The molecule has 0 unspecified atom stereocenters. The average Bonchev–Trinajstić information content (AvgIpc) is 3.42. The number of ether oxygens (including phenoxy) is 1. The average molecular weight is 404 g/mol. The third-order valence-electron chi connectivity index (χ3n) is 5.34. The molecule has 0 spiro atoms. The van der Waals surface area contributed by atoms with Gasteiger partial charge in [-0.25, -0.2) is 14.1 Å². The Morgan fingerprint density at radius 2 is 1.83 bits per heavy atom. The molecule has 1 saturated heterocycles. The number of fused-ring (bicyclic) bond motifs is 1. The van der Waals surface area contributed by atoms with Crippen molar-refractivity contribution in [3.63, 3.8) is 0 Å². The summed E-state index contributed by atoms with van der Waals surface area (Å²) < 4.78 is 20.7. The molecule has 0 radical (unpaired) electrons. The van der Waals surface area contributed by atoms with Gasteiger partial charge in [-0.05, 0) is 43.2 Å². The Kier molecular flexibility index (Phi) is 4.46. The second-order valence-corrected chi connectivity index (χ2v) is 7.27. The van der Waals surface area contributed by atoms with E-state index in [1.165, 1.54) is 16.8 Å². The van der Waals surface area contributed by atoms with Crippen LogP contribution in [0.15, 0.2) is 48.5 Å². The highest BCUT2D eigenvalue weighted by Gasteiger charge is 2.23. The minimum Gasteiger partial charge on any atom is -0.497 e. The highest BCUT2D eigenvalue weighted by Crippen LogP contribution is 2.35. The fourth-order valence-electron chi connectivity index (χ4n) is 3.84. The van der Waals surface area contributed by atoms with E-state index in [4.69, 9.17) is 20.4 Å². The maximum atomic E-state index is 13.8. The van der Waals surface area contributed by atoms with Gasteiger partial charge in [-0.15, -0.1) is 5.10 Å². The van der Waals surface area contributed by atoms with Gasteiger partial charge in [0.25, 0.3) is 0 Å². The number of methoxy groups -OCH3 is 1. The van der Waals surface area contributed by atoms with Crippen LogP contribution in [0.4, 0.5) is 16.2 Å². The normalized spacial score (nSPS) is 13.9. The van der Waals surface area contributed by atoms with Gasteiger partial charge >= 0.3 is 0 Å². The van der Waals surface area contributed by atoms with Gasteiger partial charge in [0.2, 0.25) is 5.95 Å². The summed E-state index contributed by atoms with van der Waals surface area (Å²) in [5.41, 5.74) is 9.03. The summed E-state index contributed by atoms with van der Waals surface area (Å²) in [7, 11) is 1.63. The minimum atomic E-state index is -0.358. The van der Waals surface area contributed by atoms with Crippen LogP contribution in [0.25, 0.3) is 28.0 Å². The van der Waals surface area contributed by atoms with Crippen LogP contribution in [0.5, 0.6) is 5.75 Å². The van der Waals surface area contributed by atoms with Gasteiger partial charge in [0.15, 0.2) is 5.65 Å². The molecule has 30 heavy (non-hydrogen) atoms. The molecule has 3 heterocycles. The maximum absolute atomic E-state index is 13.8. The molecule has 0 bridgehead atoms. The van der Waals surface area contributed by atoms with E-state index in [1.807, 2.05) is 24.3 Å². The van der Waals surface area contributed by atoms with Crippen molar-refractivity contribution >= 4 is 22.8 Å². The van der Waals surface area contributed by atoms with Crippen molar-refractivity contribution in [2.45, 2.75) is 12.8 Å². The van der Waals surface area contributed by atoms with Crippen LogP contribution in [-0.2, 0) is 0 Å². The van der Waals surface area contributed by atoms with E-state index >= 15 is 0 Å². The van der Waals surface area contributed by atoms with Gasteiger partial charge < -0.3 is 15.4 Å². The Labute approximate surface area is 172 Å². The molecular formula is C22H21FN6O. The predicted molar refractivity (Wildman–Crippen MR) is 114 cm³/mol. The smallest absolute Gasteiger partial charge is 0.228 e. The first-order chi connectivity index (χ1) is 14.6.